The first-order valence-electron chi connectivity index (χ1n) is 8.16. The number of hydrogen-bond acceptors (Lipinski definition) is 3. The number of alkyl halides is 3. The second-order valence-corrected chi connectivity index (χ2v) is 7.34. The molecule has 1 aliphatic rings. The Bertz CT molecular complexity index is 464. The second kappa shape index (κ2) is 7.19. The first-order valence-corrected chi connectivity index (χ1v) is 8.16. The van der Waals surface area contributed by atoms with Gasteiger partial charge in [0.15, 0.2) is 0 Å². The van der Waals surface area contributed by atoms with Gasteiger partial charge in [-0.2, -0.15) is 13.2 Å². The number of rotatable bonds is 3. The van der Waals surface area contributed by atoms with E-state index >= 15 is 0 Å². The number of ether oxygens (including phenoxy) is 1. The van der Waals surface area contributed by atoms with Crippen molar-refractivity contribution in [3.8, 4) is 0 Å². The first-order chi connectivity index (χ1) is 10.8. The minimum atomic E-state index is -4.47. The van der Waals surface area contributed by atoms with Crippen molar-refractivity contribution in [2.45, 2.75) is 71.7 Å². The van der Waals surface area contributed by atoms with Gasteiger partial charge in [-0.05, 0) is 47.0 Å². The summed E-state index contributed by atoms with van der Waals surface area (Å²) >= 11 is 0. The van der Waals surface area contributed by atoms with Crippen molar-refractivity contribution in [3.05, 3.63) is 0 Å². The van der Waals surface area contributed by atoms with Crippen molar-refractivity contribution in [2.24, 2.45) is 5.41 Å². The van der Waals surface area contributed by atoms with Crippen molar-refractivity contribution in [1.82, 2.24) is 10.2 Å². The monoisotopic (exact) mass is 352 g/mol. The summed E-state index contributed by atoms with van der Waals surface area (Å²) in [6.45, 7) is 8.57. The average Bonchev–Trinajstić information content (AvgIpc) is 2.44. The number of carbonyl (C=O) groups is 2. The molecule has 0 aromatic rings. The molecular formula is C16H27F3N2O3. The molecule has 1 rings (SSSR count). The van der Waals surface area contributed by atoms with Crippen LogP contribution in [-0.4, -0.2) is 47.8 Å². The van der Waals surface area contributed by atoms with Gasteiger partial charge in [0.05, 0.1) is 5.41 Å². The number of nitrogens with one attached hydrogen (secondary N) is 1. The molecule has 2 amide bonds. The molecule has 0 aromatic heterocycles. The maximum absolute atomic E-state index is 12.6. The maximum Gasteiger partial charge on any atom is 0.410 e. The van der Waals surface area contributed by atoms with E-state index in [9.17, 15) is 22.8 Å². The summed E-state index contributed by atoms with van der Waals surface area (Å²) in [4.78, 5) is 25.9. The van der Waals surface area contributed by atoms with Crippen LogP contribution in [-0.2, 0) is 9.53 Å². The van der Waals surface area contributed by atoms with Gasteiger partial charge in [-0.3, -0.25) is 4.79 Å². The lowest BCUT2D eigenvalue weighted by Crippen LogP contribution is -2.54. The fraction of sp³-hybridized carbons (Fsp3) is 0.875. The van der Waals surface area contributed by atoms with E-state index in [1.807, 2.05) is 0 Å². The standard InChI is InChI=1S/C16H27F3N2O3/c1-6-15(12(22)20-11(2)16(17,18)19)7-9-21(10-8-15)13(23)24-14(3,4)5/h11H,6-10H2,1-5H3,(H,20,22)/t11-/m1/s1. The molecule has 0 spiro atoms. The minimum absolute atomic E-state index is 0.288. The number of piperidine rings is 1. The van der Waals surface area contributed by atoms with E-state index in [1.54, 1.807) is 27.7 Å². The molecule has 0 bridgehead atoms. The number of hydrogen-bond donors (Lipinski definition) is 1. The summed E-state index contributed by atoms with van der Waals surface area (Å²) in [5, 5.41) is 2.06. The first kappa shape index (κ1) is 20.6. The molecule has 5 nitrogen and oxygen atoms in total. The Labute approximate surface area is 140 Å². The van der Waals surface area contributed by atoms with Gasteiger partial charge in [-0.25, -0.2) is 4.79 Å². The van der Waals surface area contributed by atoms with Gasteiger partial charge in [0, 0.05) is 13.1 Å². The van der Waals surface area contributed by atoms with Crippen molar-refractivity contribution in [2.75, 3.05) is 13.1 Å². The summed E-state index contributed by atoms with van der Waals surface area (Å²) < 4.78 is 43.2. The van der Waals surface area contributed by atoms with Crippen LogP contribution in [0.15, 0.2) is 0 Å². The van der Waals surface area contributed by atoms with Crippen LogP contribution in [0.25, 0.3) is 0 Å². The van der Waals surface area contributed by atoms with Crippen LogP contribution in [0.3, 0.4) is 0 Å². The summed E-state index contributed by atoms with van der Waals surface area (Å²) in [5.41, 5.74) is -1.49. The van der Waals surface area contributed by atoms with Crippen LogP contribution in [0, 0.1) is 5.41 Å². The Morgan fingerprint density at radius 2 is 1.71 bits per heavy atom. The summed E-state index contributed by atoms with van der Waals surface area (Å²) in [6.07, 6.45) is -3.87. The predicted molar refractivity (Wildman–Crippen MR) is 83.4 cm³/mol. The van der Waals surface area contributed by atoms with Crippen LogP contribution in [0.1, 0.15) is 53.9 Å². The lowest BCUT2D eigenvalue weighted by molar-refractivity contribution is -0.163. The Hall–Kier alpha value is -1.47. The normalized spacial score (nSPS) is 19.6. The lowest BCUT2D eigenvalue weighted by Gasteiger charge is -2.41. The maximum atomic E-state index is 12.6. The molecule has 8 heteroatoms. The van der Waals surface area contributed by atoms with E-state index in [0.29, 0.717) is 19.3 Å². The van der Waals surface area contributed by atoms with Crippen LogP contribution < -0.4 is 5.32 Å². The summed E-state index contributed by atoms with van der Waals surface area (Å²) in [7, 11) is 0. The van der Waals surface area contributed by atoms with Gasteiger partial charge in [0.2, 0.25) is 5.91 Å². The molecule has 0 unspecified atom stereocenters. The van der Waals surface area contributed by atoms with Gasteiger partial charge >= 0.3 is 12.3 Å². The highest BCUT2D eigenvalue weighted by atomic mass is 19.4. The van der Waals surface area contributed by atoms with E-state index in [4.69, 9.17) is 4.74 Å². The molecule has 1 atom stereocenters. The van der Waals surface area contributed by atoms with Crippen molar-refractivity contribution >= 4 is 12.0 Å². The largest absolute Gasteiger partial charge is 0.444 e. The third-order valence-corrected chi connectivity index (χ3v) is 4.37. The topological polar surface area (TPSA) is 58.6 Å². The van der Waals surface area contributed by atoms with Crippen LogP contribution >= 0.6 is 0 Å². The Kier molecular flexibility index (Phi) is 6.16. The highest BCUT2D eigenvalue weighted by molar-refractivity contribution is 5.83. The number of nitrogens with zero attached hydrogens (tertiary/aromatic N) is 1. The quantitative estimate of drug-likeness (QED) is 0.846. The zero-order valence-electron chi connectivity index (χ0n) is 14.9. The van der Waals surface area contributed by atoms with Gasteiger partial charge < -0.3 is 15.0 Å². The molecule has 140 valence electrons. The predicted octanol–water partition coefficient (Wildman–Crippen LogP) is 3.48. The number of carbonyl (C=O) groups excluding carboxylic acids is 2. The summed E-state index contributed by atoms with van der Waals surface area (Å²) in [6, 6.07) is -1.89. The molecule has 1 saturated heterocycles. The zero-order chi connectivity index (χ0) is 18.8. The van der Waals surface area contributed by atoms with Gasteiger partial charge in [0.1, 0.15) is 11.6 Å². The van der Waals surface area contributed by atoms with Crippen LogP contribution in [0.2, 0.25) is 0 Å². The third-order valence-electron chi connectivity index (χ3n) is 4.37. The van der Waals surface area contributed by atoms with Gasteiger partial charge in [0.25, 0.3) is 0 Å². The molecule has 24 heavy (non-hydrogen) atoms. The molecule has 0 aliphatic carbocycles. The molecule has 0 saturated carbocycles. The smallest absolute Gasteiger partial charge is 0.410 e. The Balaban J connectivity index is 2.69. The molecule has 0 aromatic carbocycles. The number of amides is 2. The summed E-state index contributed by atoms with van der Waals surface area (Å²) in [5.74, 6) is -0.598. The molecule has 1 heterocycles. The number of likely N-dealkylation sites (tertiary alicyclic amines) is 1. The minimum Gasteiger partial charge on any atom is -0.444 e. The average molecular weight is 352 g/mol. The van der Waals surface area contributed by atoms with E-state index in [1.165, 1.54) is 4.90 Å². The molecule has 0 radical (unpaired) electrons. The Morgan fingerprint density at radius 3 is 2.08 bits per heavy atom. The van der Waals surface area contributed by atoms with Crippen molar-refractivity contribution in [3.63, 3.8) is 0 Å². The van der Waals surface area contributed by atoms with Gasteiger partial charge in [-0.1, -0.05) is 6.92 Å². The van der Waals surface area contributed by atoms with E-state index < -0.39 is 35.2 Å². The highest BCUT2D eigenvalue weighted by Gasteiger charge is 2.45. The third kappa shape index (κ3) is 5.27. The molecule has 1 aliphatic heterocycles. The Morgan fingerprint density at radius 1 is 1.21 bits per heavy atom. The van der Waals surface area contributed by atoms with E-state index in [0.717, 1.165) is 6.92 Å². The van der Waals surface area contributed by atoms with Gasteiger partial charge in [-0.15, -0.1) is 0 Å². The van der Waals surface area contributed by atoms with Crippen molar-refractivity contribution in [1.29, 1.82) is 0 Å². The zero-order valence-corrected chi connectivity index (χ0v) is 14.9. The second-order valence-electron chi connectivity index (χ2n) is 7.34. The fourth-order valence-electron chi connectivity index (χ4n) is 2.62. The lowest BCUT2D eigenvalue weighted by atomic mass is 9.75. The molecule has 1 N–H and O–H groups in total. The highest BCUT2D eigenvalue weighted by Crippen LogP contribution is 2.36. The fourth-order valence-corrected chi connectivity index (χ4v) is 2.62. The molecular weight excluding hydrogens is 325 g/mol. The van der Waals surface area contributed by atoms with E-state index in [2.05, 4.69) is 5.32 Å². The molecule has 1 fully saturated rings. The van der Waals surface area contributed by atoms with E-state index in [-0.39, 0.29) is 13.1 Å². The number of halogens is 3. The van der Waals surface area contributed by atoms with Crippen LogP contribution in [0.5, 0.6) is 0 Å². The SMILES string of the molecule is CCC1(C(=O)N[C@H](C)C(F)(F)F)CCN(C(=O)OC(C)(C)C)CC1. The van der Waals surface area contributed by atoms with Crippen molar-refractivity contribution < 1.29 is 27.5 Å². The van der Waals surface area contributed by atoms with Crippen LogP contribution in [0.4, 0.5) is 18.0 Å².